The molecule has 2 heterocycles. The first-order chi connectivity index (χ1) is 10.1. The number of carbonyl (C=O) groups is 1. The van der Waals surface area contributed by atoms with Crippen LogP contribution in [0.15, 0.2) is 23.1 Å². The molecule has 1 unspecified atom stereocenters. The lowest BCUT2D eigenvalue weighted by Gasteiger charge is -2.35. The fourth-order valence-corrected chi connectivity index (χ4v) is 4.38. The summed E-state index contributed by atoms with van der Waals surface area (Å²) in [5, 5.41) is 4.55. The van der Waals surface area contributed by atoms with Crippen LogP contribution in [0.2, 0.25) is 5.02 Å². The lowest BCUT2D eigenvalue weighted by atomic mass is 9.99. The van der Waals surface area contributed by atoms with Gasteiger partial charge < -0.3 is 16.0 Å². The molecule has 2 aliphatic heterocycles. The Morgan fingerprint density at radius 1 is 1.33 bits per heavy atom. The average molecular weight is 326 g/mol. The highest BCUT2D eigenvalue weighted by atomic mass is 35.5. The van der Waals surface area contributed by atoms with Gasteiger partial charge in [-0.15, -0.1) is 11.8 Å². The highest BCUT2D eigenvalue weighted by Gasteiger charge is 2.26. The van der Waals surface area contributed by atoms with Crippen molar-refractivity contribution in [3.05, 3.63) is 28.8 Å². The van der Waals surface area contributed by atoms with Crippen molar-refractivity contribution >= 4 is 29.4 Å². The molecule has 0 aromatic heterocycles. The summed E-state index contributed by atoms with van der Waals surface area (Å²) in [5.41, 5.74) is 6.64. The number of likely N-dealkylation sites (tertiary alicyclic amines) is 1. The highest BCUT2D eigenvalue weighted by molar-refractivity contribution is 7.99. The smallest absolute Gasteiger partial charge is 0.314 e. The lowest BCUT2D eigenvalue weighted by Crippen LogP contribution is -2.47. The topological polar surface area (TPSA) is 58.4 Å². The van der Waals surface area contributed by atoms with Gasteiger partial charge in [0.15, 0.2) is 0 Å². The summed E-state index contributed by atoms with van der Waals surface area (Å²) in [5.74, 6) is 1.13. The normalized spacial score (nSPS) is 22.9. The Morgan fingerprint density at radius 3 is 2.81 bits per heavy atom. The minimum absolute atomic E-state index is 0.306. The molecule has 0 bridgehead atoms. The minimum atomic E-state index is -0.306. The number of fused-ring (bicyclic) bond motifs is 1. The molecule has 1 fully saturated rings. The molecule has 1 saturated heterocycles. The number of carbonyl (C=O) groups excluding carboxylic acids is 1. The Balaban J connectivity index is 1.65. The molecular formula is C15H20ClN3OS. The maximum atomic E-state index is 11.2. The van der Waals surface area contributed by atoms with E-state index in [1.54, 1.807) is 4.90 Å². The van der Waals surface area contributed by atoms with Crippen LogP contribution in [-0.4, -0.2) is 35.8 Å². The molecule has 2 aliphatic rings. The van der Waals surface area contributed by atoms with Crippen molar-refractivity contribution in [3.63, 3.8) is 0 Å². The Hall–Kier alpha value is -0.910. The van der Waals surface area contributed by atoms with E-state index in [9.17, 15) is 4.79 Å². The van der Waals surface area contributed by atoms with Crippen LogP contribution in [0.5, 0.6) is 0 Å². The summed E-state index contributed by atoms with van der Waals surface area (Å²) in [7, 11) is 0. The minimum Gasteiger partial charge on any atom is -0.351 e. The first-order valence-corrected chi connectivity index (χ1v) is 8.72. The van der Waals surface area contributed by atoms with Gasteiger partial charge in [-0.1, -0.05) is 11.6 Å². The second-order valence-electron chi connectivity index (χ2n) is 5.64. The Kier molecular flexibility index (Phi) is 4.62. The molecule has 21 heavy (non-hydrogen) atoms. The predicted molar refractivity (Wildman–Crippen MR) is 86.8 cm³/mol. The van der Waals surface area contributed by atoms with Gasteiger partial charge in [0, 0.05) is 35.1 Å². The van der Waals surface area contributed by atoms with E-state index in [1.165, 1.54) is 10.5 Å². The highest BCUT2D eigenvalue weighted by Crippen LogP contribution is 2.38. The summed E-state index contributed by atoms with van der Waals surface area (Å²) in [6.07, 6.45) is 3.04. The monoisotopic (exact) mass is 325 g/mol. The maximum Gasteiger partial charge on any atom is 0.314 e. The summed E-state index contributed by atoms with van der Waals surface area (Å²) < 4.78 is 0. The number of urea groups is 1. The van der Waals surface area contributed by atoms with Gasteiger partial charge in [0.2, 0.25) is 0 Å². The van der Waals surface area contributed by atoms with Crippen molar-refractivity contribution < 1.29 is 4.79 Å². The number of primary amides is 1. The quantitative estimate of drug-likeness (QED) is 0.878. The van der Waals surface area contributed by atoms with Crippen LogP contribution in [0.25, 0.3) is 0 Å². The molecule has 3 N–H and O–H groups in total. The Labute approximate surface area is 134 Å². The van der Waals surface area contributed by atoms with Gasteiger partial charge in [0.25, 0.3) is 0 Å². The fraction of sp³-hybridized carbons (Fsp3) is 0.533. The molecule has 1 aromatic carbocycles. The van der Waals surface area contributed by atoms with Crippen LogP contribution in [0, 0.1) is 0 Å². The largest absolute Gasteiger partial charge is 0.351 e. The van der Waals surface area contributed by atoms with Crippen molar-refractivity contribution in [2.24, 2.45) is 5.73 Å². The summed E-state index contributed by atoms with van der Waals surface area (Å²) in [6.45, 7) is 1.49. The molecule has 4 nitrogen and oxygen atoms in total. The Bertz CT molecular complexity index is 532. The molecule has 0 radical (unpaired) electrons. The third kappa shape index (κ3) is 3.47. The predicted octanol–water partition coefficient (Wildman–Crippen LogP) is 3.01. The number of amides is 2. The van der Waals surface area contributed by atoms with Gasteiger partial charge in [-0.2, -0.15) is 0 Å². The number of hydrogen-bond donors (Lipinski definition) is 2. The second-order valence-corrected chi connectivity index (χ2v) is 7.21. The van der Waals surface area contributed by atoms with E-state index in [0.29, 0.717) is 12.1 Å². The van der Waals surface area contributed by atoms with Crippen molar-refractivity contribution in [1.29, 1.82) is 0 Å². The van der Waals surface area contributed by atoms with Crippen LogP contribution in [0.1, 0.15) is 30.9 Å². The summed E-state index contributed by atoms with van der Waals surface area (Å²) in [6, 6.07) is 6.66. The van der Waals surface area contributed by atoms with E-state index < -0.39 is 0 Å². The van der Waals surface area contributed by atoms with Crippen molar-refractivity contribution in [3.8, 4) is 0 Å². The first-order valence-electron chi connectivity index (χ1n) is 7.36. The van der Waals surface area contributed by atoms with Crippen LogP contribution >= 0.6 is 23.4 Å². The fourth-order valence-electron chi connectivity index (χ4n) is 3.09. The van der Waals surface area contributed by atoms with Crippen molar-refractivity contribution in [2.45, 2.75) is 36.2 Å². The van der Waals surface area contributed by atoms with Crippen LogP contribution in [0.4, 0.5) is 4.79 Å². The van der Waals surface area contributed by atoms with Gasteiger partial charge in [-0.05, 0) is 48.8 Å². The third-order valence-corrected chi connectivity index (χ3v) is 5.61. The number of benzene rings is 1. The van der Waals surface area contributed by atoms with Gasteiger partial charge in [0.1, 0.15) is 0 Å². The van der Waals surface area contributed by atoms with Crippen LogP contribution < -0.4 is 11.1 Å². The van der Waals surface area contributed by atoms with E-state index in [0.717, 1.165) is 43.1 Å². The van der Waals surface area contributed by atoms with E-state index in [-0.39, 0.29) is 6.03 Å². The van der Waals surface area contributed by atoms with E-state index in [1.807, 2.05) is 17.8 Å². The number of piperidine rings is 1. The lowest BCUT2D eigenvalue weighted by molar-refractivity contribution is 0.182. The second kappa shape index (κ2) is 6.46. The van der Waals surface area contributed by atoms with Gasteiger partial charge in [0.05, 0.1) is 0 Å². The summed E-state index contributed by atoms with van der Waals surface area (Å²) in [4.78, 5) is 14.2. The SMILES string of the molecule is NC(=O)N1CCC(NC2CCSc3ccc(Cl)cc32)CC1. The van der Waals surface area contributed by atoms with E-state index in [4.69, 9.17) is 17.3 Å². The van der Waals surface area contributed by atoms with Gasteiger partial charge in [-0.25, -0.2) is 4.79 Å². The van der Waals surface area contributed by atoms with Crippen molar-refractivity contribution in [1.82, 2.24) is 10.2 Å². The third-order valence-electron chi connectivity index (χ3n) is 4.25. The molecule has 1 atom stereocenters. The van der Waals surface area contributed by atoms with Crippen LogP contribution in [0.3, 0.4) is 0 Å². The molecule has 0 aliphatic carbocycles. The number of rotatable bonds is 2. The zero-order valence-electron chi connectivity index (χ0n) is 11.8. The molecule has 114 valence electrons. The number of nitrogens with two attached hydrogens (primary N) is 1. The molecule has 3 rings (SSSR count). The number of halogens is 1. The first kappa shape index (κ1) is 15.0. The number of hydrogen-bond acceptors (Lipinski definition) is 3. The van der Waals surface area contributed by atoms with Gasteiger partial charge in [-0.3, -0.25) is 0 Å². The number of thioether (sulfide) groups is 1. The number of nitrogens with zero attached hydrogens (tertiary/aromatic N) is 1. The number of nitrogens with one attached hydrogen (secondary N) is 1. The van der Waals surface area contributed by atoms with E-state index in [2.05, 4.69) is 17.4 Å². The van der Waals surface area contributed by atoms with Gasteiger partial charge >= 0.3 is 6.03 Å². The molecular weight excluding hydrogens is 306 g/mol. The molecule has 0 saturated carbocycles. The standard InChI is InChI=1S/C15H20ClN3OS/c16-10-1-2-14-12(9-10)13(5-8-21-14)18-11-3-6-19(7-4-11)15(17)20/h1-2,9,11,13,18H,3-8H2,(H2,17,20). The van der Waals surface area contributed by atoms with Crippen molar-refractivity contribution in [2.75, 3.05) is 18.8 Å². The molecule has 6 heteroatoms. The average Bonchev–Trinajstić information content (AvgIpc) is 2.48. The molecule has 0 spiro atoms. The Morgan fingerprint density at radius 2 is 2.10 bits per heavy atom. The van der Waals surface area contributed by atoms with Crippen LogP contribution in [-0.2, 0) is 0 Å². The maximum absolute atomic E-state index is 11.2. The molecule has 1 aromatic rings. The van der Waals surface area contributed by atoms with E-state index >= 15 is 0 Å². The zero-order chi connectivity index (χ0) is 14.8. The summed E-state index contributed by atoms with van der Waals surface area (Å²) >= 11 is 8.04. The molecule has 2 amide bonds. The zero-order valence-corrected chi connectivity index (χ0v) is 13.4.